The lowest BCUT2D eigenvalue weighted by Gasteiger charge is -2.33. The van der Waals surface area contributed by atoms with Crippen LogP contribution in [0.2, 0.25) is 0 Å². The lowest BCUT2D eigenvalue weighted by atomic mass is 9.75. The van der Waals surface area contributed by atoms with Crippen LogP contribution < -0.4 is 0 Å². The second-order valence-electron chi connectivity index (χ2n) is 9.21. The molecule has 3 nitrogen and oxygen atoms in total. The Hall–Kier alpha value is -0.940. The first-order valence-corrected chi connectivity index (χ1v) is 9.18. The molecular formula is C18H29FO3S. The number of halogens is 1. The SMILES string of the molecule is CC(C)(C)c1cc(C(C)(C)C)c(S(=O)(=O)O)c(C(C)(C)C)c1F. The molecule has 23 heavy (non-hydrogen) atoms. The highest BCUT2D eigenvalue weighted by Crippen LogP contribution is 2.42. The van der Waals surface area contributed by atoms with E-state index in [2.05, 4.69) is 0 Å². The molecule has 0 amide bonds. The van der Waals surface area contributed by atoms with Gasteiger partial charge in [-0.15, -0.1) is 0 Å². The maximum Gasteiger partial charge on any atom is 0.295 e. The van der Waals surface area contributed by atoms with Gasteiger partial charge >= 0.3 is 0 Å². The third-order valence-corrected chi connectivity index (χ3v) is 4.78. The quantitative estimate of drug-likeness (QED) is 0.732. The number of hydrogen-bond donors (Lipinski definition) is 1. The van der Waals surface area contributed by atoms with E-state index in [1.165, 1.54) is 0 Å². The minimum Gasteiger partial charge on any atom is -0.282 e. The van der Waals surface area contributed by atoms with Crippen molar-refractivity contribution in [1.29, 1.82) is 0 Å². The first-order chi connectivity index (χ1) is 9.88. The van der Waals surface area contributed by atoms with E-state index in [4.69, 9.17) is 0 Å². The Labute approximate surface area is 140 Å². The molecule has 5 heteroatoms. The molecule has 0 fully saturated rings. The van der Waals surface area contributed by atoms with Crippen molar-refractivity contribution in [2.45, 2.75) is 83.5 Å². The summed E-state index contributed by atoms with van der Waals surface area (Å²) in [5.74, 6) is -0.550. The van der Waals surface area contributed by atoms with Gasteiger partial charge in [0.2, 0.25) is 0 Å². The highest BCUT2D eigenvalue weighted by molar-refractivity contribution is 7.86. The maximum absolute atomic E-state index is 15.2. The van der Waals surface area contributed by atoms with Crippen LogP contribution in [0.5, 0.6) is 0 Å². The van der Waals surface area contributed by atoms with Gasteiger partial charge in [0.15, 0.2) is 0 Å². The Morgan fingerprint density at radius 2 is 1.22 bits per heavy atom. The minimum atomic E-state index is -4.56. The summed E-state index contributed by atoms with van der Waals surface area (Å²) in [5, 5.41) is 0. The summed E-state index contributed by atoms with van der Waals surface area (Å²) in [7, 11) is -4.56. The van der Waals surface area contributed by atoms with Gasteiger partial charge in [-0.2, -0.15) is 8.42 Å². The summed E-state index contributed by atoms with van der Waals surface area (Å²) < 4.78 is 49.2. The van der Waals surface area contributed by atoms with E-state index < -0.39 is 32.2 Å². The third-order valence-electron chi connectivity index (χ3n) is 3.84. The van der Waals surface area contributed by atoms with E-state index in [0.29, 0.717) is 11.1 Å². The summed E-state index contributed by atoms with van der Waals surface area (Å²) in [6, 6.07) is 1.59. The molecule has 0 unspecified atom stereocenters. The van der Waals surface area contributed by atoms with Gasteiger partial charge < -0.3 is 0 Å². The highest BCUT2D eigenvalue weighted by atomic mass is 32.2. The van der Waals surface area contributed by atoms with E-state index >= 15 is 4.39 Å². The maximum atomic E-state index is 15.2. The van der Waals surface area contributed by atoms with Gasteiger partial charge in [-0.05, 0) is 27.4 Å². The van der Waals surface area contributed by atoms with Crippen molar-refractivity contribution >= 4 is 10.1 Å². The Balaban J connectivity index is 4.22. The van der Waals surface area contributed by atoms with Crippen LogP contribution in [0.3, 0.4) is 0 Å². The van der Waals surface area contributed by atoms with Gasteiger partial charge in [0.25, 0.3) is 10.1 Å². The number of hydrogen-bond acceptors (Lipinski definition) is 2. The van der Waals surface area contributed by atoms with E-state index in [0.717, 1.165) is 0 Å². The molecule has 0 aromatic heterocycles. The van der Waals surface area contributed by atoms with Gasteiger partial charge in [-0.25, -0.2) is 4.39 Å². The zero-order chi connectivity index (χ0) is 18.6. The molecule has 0 saturated carbocycles. The van der Waals surface area contributed by atoms with Gasteiger partial charge in [0.05, 0.1) is 0 Å². The van der Waals surface area contributed by atoms with Gasteiger partial charge in [-0.1, -0.05) is 68.4 Å². The normalized spacial score (nSPS) is 14.2. The van der Waals surface area contributed by atoms with Crippen molar-refractivity contribution in [3.05, 3.63) is 28.6 Å². The van der Waals surface area contributed by atoms with Crippen LogP contribution >= 0.6 is 0 Å². The molecule has 1 aromatic carbocycles. The van der Waals surface area contributed by atoms with Crippen molar-refractivity contribution in [1.82, 2.24) is 0 Å². The van der Waals surface area contributed by atoms with Crippen LogP contribution in [-0.2, 0) is 26.4 Å². The zero-order valence-corrected chi connectivity index (χ0v) is 16.4. The molecule has 0 aliphatic heterocycles. The van der Waals surface area contributed by atoms with Gasteiger partial charge in [0, 0.05) is 5.56 Å². The predicted octanol–water partition coefficient (Wildman–Crippen LogP) is 4.96. The average molecular weight is 344 g/mol. The van der Waals surface area contributed by atoms with Gasteiger partial charge in [0.1, 0.15) is 10.7 Å². The molecule has 0 bridgehead atoms. The number of rotatable bonds is 1. The zero-order valence-electron chi connectivity index (χ0n) is 15.6. The molecule has 0 radical (unpaired) electrons. The molecule has 0 heterocycles. The molecule has 0 aliphatic rings. The fourth-order valence-electron chi connectivity index (χ4n) is 2.68. The van der Waals surface area contributed by atoms with Crippen LogP contribution in [-0.4, -0.2) is 13.0 Å². The van der Waals surface area contributed by atoms with E-state index in [1.807, 2.05) is 41.5 Å². The molecule has 132 valence electrons. The lowest BCUT2D eigenvalue weighted by Crippen LogP contribution is -2.28. The van der Waals surface area contributed by atoms with Crippen molar-refractivity contribution in [2.75, 3.05) is 0 Å². The monoisotopic (exact) mass is 344 g/mol. The standard InChI is InChI=1S/C18H29FO3S/c1-16(2,3)11-10-12(17(4,5)6)15(23(20,21)22)13(14(11)19)18(7,8)9/h10H,1-9H3,(H,20,21,22). The smallest absolute Gasteiger partial charge is 0.282 e. The van der Waals surface area contributed by atoms with E-state index in [9.17, 15) is 13.0 Å². The second kappa shape index (κ2) is 5.55. The topological polar surface area (TPSA) is 54.4 Å². The Morgan fingerprint density at radius 3 is 1.48 bits per heavy atom. The molecule has 0 atom stereocenters. The predicted molar refractivity (Wildman–Crippen MR) is 92.3 cm³/mol. The summed E-state index contributed by atoms with van der Waals surface area (Å²) in [6.07, 6.45) is 0. The molecular weight excluding hydrogens is 315 g/mol. The molecule has 0 aliphatic carbocycles. The van der Waals surface area contributed by atoms with Crippen molar-refractivity contribution in [2.24, 2.45) is 0 Å². The third kappa shape index (κ3) is 4.13. The molecule has 1 N–H and O–H groups in total. The largest absolute Gasteiger partial charge is 0.295 e. The molecule has 1 aromatic rings. The Kier molecular flexibility index (Phi) is 4.86. The van der Waals surface area contributed by atoms with Crippen LogP contribution in [0.4, 0.5) is 4.39 Å². The molecule has 0 spiro atoms. The summed E-state index contributed by atoms with van der Waals surface area (Å²) in [5.41, 5.74) is -0.856. The van der Waals surface area contributed by atoms with Crippen LogP contribution in [0.1, 0.15) is 79.0 Å². The Morgan fingerprint density at radius 1 is 0.826 bits per heavy atom. The summed E-state index contributed by atoms with van der Waals surface area (Å²) in [6.45, 7) is 16.5. The second-order valence-corrected chi connectivity index (χ2v) is 10.6. The minimum absolute atomic E-state index is 0.0531. The summed E-state index contributed by atoms with van der Waals surface area (Å²) >= 11 is 0. The first kappa shape index (κ1) is 20.1. The van der Waals surface area contributed by atoms with E-state index in [-0.39, 0.29) is 10.5 Å². The summed E-state index contributed by atoms with van der Waals surface area (Å²) in [4.78, 5) is -0.289. The number of benzene rings is 1. The fraction of sp³-hybridized carbons (Fsp3) is 0.667. The van der Waals surface area contributed by atoms with Crippen LogP contribution in [0.25, 0.3) is 0 Å². The van der Waals surface area contributed by atoms with Crippen molar-refractivity contribution in [3.63, 3.8) is 0 Å². The van der Waals surface area contributed by atoms with Crippen molar-refractivity contribution in [3.8, 4) is 0 Å². The molecule has 1 rings (SSSR count). The Bertz CT molecular complexity index is 713. The highest BCUT2D eigenvalue weighted by Gasteiger charge is 2.37. The fourth-order valence-corrected chi connectivity index (χ4v) is 3.98. The molecule has 0 saturated heterocycles. The van der Waals surface area contributed by atoms with Crippen LogP contribution in [0.15, 0.2) is 11.0 Å². The average Bonchev–Trinajstić information content (AvgIpc) is 2.21. The lowest BCUT2D eigenvalue weighted by molar-refractivity contribution is 0.439. The van der Waals surface area contributed by atoms with Crippen LogP contribution in [0, 0.1) is 5.82 Å². The van der Waals surface area contributed by atoms with Gasteiger partial charge in [-0.3, -0.25) is 4.55 Å². The van der Waals surface area contributed by atoms with E-state index in [1.54, 1.807) is 26.8 Å². The van der Waals surface area contributed by atoms with Crippen molar-refractivity contribution < 1.29 is 17.4 Å². The first-order valence-electron chi connectivity index (χ1n) is 7.74.